The maximum absolute atomic E-state index is 4.63. The van der Waals surface area contributed by atoms with Gasteiger partial charge in [-0.15, -0.1) is 0 Å². The Morgan fingerprint density at radius 3 is 3.57 bits per heavy atom. The number of nitrogens with zero attached hydrogens (tertiary/aromatic N) is 2. The molecule has 0 saturated carbocycles. The van der Waals surface area contributed by atoms with Crippen molar-refractivity contribution in [3.05, 3.63) is 12.3 Å². The maximum atomic E-state index is 4.63. The molecular formula is C3H3AsN2O. The van der Waals surface area contributed by atoms with Crippen LogP contribution in [0.2, 0.25) is 0 Å². The van der Waals surface area contributed by atoms with Gasteiger partial charge < -0.3 is 0 Å². The standard InChI is InChI=1S/C3H3AsN2O/c1-2-4-7-6-5-3-1/h1-3H. The van der Waals surface area contributed by atoms with Crippen molar-refractivity contribution in [3.63, 3.8) is 0 Å². The summed E-state index contributed by atoms with van der Waals surface area (Å²) in [6.45, 7) is 0. The Morgan fingerprint density at radius 2 is 2.57 bits per heavy atom. The second-order valence-corrected chi connectivity index (χ2v) is 2.29. The molecule has 4 heteroatoms. The van der Waals surface area contributed by atoms with Crippen molar-refractivity contribution in [3.8, 4) is 0 Å². The van der Waals surface area contributed by atoms with E-state index in [0.717, 1.165) is 0 Å². The first kappa shape index (κ1) is 4.72. The molecule has 0 saturated heterocycles. The molecule has 0 aromatic carbocycles. The van der Waals surface area contributed by atoms with Crippen molar-refractivity contribution < 1.29 is 3.83 Å². The Morgan fingerprint density at radius 1 is 1.57 bits per heavy atom. The molecule has 0 bridgehead atoms. The fourth-order valence-corrected chi connectivity index (χ4v) is 0.809. The first-order valence-electron chi connectivity index (χ1n) is 1.75. The average molecular weight is 158 g/mol. The van der Waals surface area contributed by atoms with Crippen molar-refractivity contribution >= 4 is 20.5 Å². The van der Waals surface area contributed by atoms with E-state index in [1.165, 1.54) is 0 Å². The van der Waals surface area contributed by atoms with Crippen LogP contribution in [0.25, 0.3) is 0 Å². The minimum absolute atomic E-state index is 0.165. The van der Waals surface area contributed by atoms with E-state index in [1.807, 2.05) is 10.9 Å². The summed E-state index contributed by atoms with van der Waals surface area (Å²) in [6.07, 6.45) is 3.43. The Labute approximate surface area is 47.6 Å². The summed E-state index contributed by atoms with van der Waals surface area (Å²) in [5, 5.41) is 6.80. The molecule has 0 spiro atoms. The van der Waals surface area contributed by atoms with Crippen molar-refractivity contribution in [2.24, 2.45) is 10.4 Å². The zero-order valence-corrected chi connectivity index (χ0v) is 5.36. The van der Waals surface area contributed by atoms with Gasteiger partial charge in [0.1, 0.15) is 0 Å². The summed E-state index contributed by atoms with van der Waals surface area (Å²) in [6, 6.07) is 0. The Hall–Kier alpha value is -0.432. The zero-order chi connectivity index (χ0) is 4.95. The predicted molar refractivity (Wildman–Crippen MR) is 26.9 cm³/mol. The van der Waals surface area contributed by atoms with Gasteiger partial charge in [0, 0.05) is 0 Å². The van der Waals surface area contributed by atoms with Crippen LogP contribution < -0.4 is 0 Å². The molecule has 1 aliphatic heterocycles. The van der Waals surface area contributed by atoms with Crippen LogP contribution in [0.4, 0.5) is 0 Å². The van der Waals surface area contributed by atoms with Gasteiger partial charge in [-0.05, 0) is 0 Å². The van der Waals surface area contributed by atoms with Crippen molar-refractivity contribution in [1.82, 2.24) is 0 Å². The second-order valence-electron chi connectivity index (χ2n) is 0.875. The third-order valence-electron chi connectivity index (χ3n) is 0.430. The molecule has 0 atom stereocenters. The van der Waals surface area contributed by atoms with Gasteiger partial charge in [-0.25, -0.2) is 0 Å². The van der Waals surface area contributed by atoms with Crippen LogP contribution in [0.1, 0.15) is 0 Å². The molecular weight excluding hydrogens is 155 g/mol. The summed E-state index contributed by atoms with van der Waals surface area (Å²) in [5.74, 6) is 0. The summed E-state index contributed by atoms with van der Waals surface area (Å²) in [4.78, 5) is 1.93. The zero-order valence-electron chi connectivity index (χ0n) is 3.48. The van der Waals surface area contributed by atoms with Crippen LogP contribution in [0, 0.1) is 0 Å². The van der Waals surface area contributed by atoms with Gasteiger partial charge in [0.25, 0.3) is 0 Å². The number of hydrogen-bond acceptors (Lipinski definition) is 3. The van der Waals surface area contributed by atoms with Crippen molar-refractivity contribution in [2.45, 2.75) is 0 Å². The molecule has 36 valence electrons. The quantitative estimate of drug-likeness (QED) is 0.467. The van der Waals surface area contributed by atoms with E-state index < -0.39 is 0 Å². The molecule has 0 N–H and O–H groups in total. The molecule has 3 nitrogen and oxygen atoms in total. The number of allylic oxidation sites excluding steroid dienone is 1. The molecule has 0 radical (unpaired) electrons. The van der Waals surface area contributed by atoms with Crippen LogP contribution >= 0.6 is 0 Å². The summed E-state index contributed by atoms with van der Waals surface area (Å²) in [5.41, 5.74) is 0. The Balaban J connectivity index is 2.60. The van der Waals surface area contributed by atoms with E-state index in [4.69, 9.17) is 0 Å². The fraction of sp³-hybridized carbons (Fsp3) is 0. The molecule has 1 rings (SSSR count). The molecule has 0 amide bonds. The normalized spacial score (nSPS) is 18.3. The van der Waals surface area contributed by atoms with E-state index in [0.29, 0.717) is 0 Å². The first-order valence-corrected chi connectivity index (χ1v) is 3.60. The van der Waals surface area contributed by atoms with Gasteiger partial charge in [0.05, 0.1) is 0 Å². The average Bonchev–Trinajstić information content (AvgIpc) is 1.90. The third kappa shape index (κ3) is 1.64. The molecule has 0 aromatic heterocycles. The van der Waals surface area contributed by atoms with Crippen LogP contribution in [0.3, 0.4) is 0 Å². The van der Waals surface area contributed by atoms with Gasteiger partial charge in [-0.2, -0.15) is 0 Å². The van der Waals surface area contributed by atoms with Crippen LogP contribution in [0.15, 0.2) is 22.7 Å². The molecule has 1 heterocycles. The van der Waals surface area contributed by atoms with Crippen LogP contribution in [-0.4, -0.2) is 20.5 Å². The molecule has 0 unspecified atom stereocenters. The van der Waals surface area contributed by atoms with Gasteiger partial charge in [0.2, 0.25) is 0 Å². The minimum atomic E-state index is -0.165. The van der Waals surface area contributed by atoms with E-state index in [9.17, 15) is 0 Å². The van der Waals surface area contributed by atoms with Crippen molar-refractivity contribution in [1.29, 1.82) is 0 Å². The number of hydrogen-bond donors (Lipinski definition) is 0. The van der Waals surface area contributed by atoms with Crippen LogP contribution in [-0.2, 0) is 3.83 Å². The van der Waals surface area contributed by atoms with E-state index in [-0.39, 0.29) is 15.7 Å². The van der Waals surface area contributed by atoms with Gasteiger partial charge >= 0.3 is 47.0 Å². The van der Waals surface area contributed by atoms with Gasteiger partial charge in [0.15, 0.2) is 0 Å². The summed E-state index contributed by atoms with van der Waals surface area (Å²) < 4.78 is 4.63. The Kier molecular flexibility index (Phi) is 1.82. The molecule has 0 fully saturated rings. The monoisotopic (exact) mass is 158 g/mol. The fourth-order valence-electron chi connectivity index (χ4n) is 0.209. The first-order chi connectivity index (χ1) is 3.50. The van der Waals surface area contributed by atoms with Gasteiger partial charge in [-0.3, -0.25) is 0 Å². The van der Waals surface area contributed by atoms with Crippen LogP contribution in [0.5, 0.6) is 0 Å². The SMILES string of the molecule is C1=CN=NO[As]=C1. The predicted octanol–water partition coefficient (Wildman–Crippen LogP) is 0.319. The molecule has 0 aliphatic carbocycles. The molecule has 7 heavy (non-hydrogen) atoms. The summed E-state index contributed by atoms with van der Waals surface area (Å²) in [7, 11) is 0. The van der Waals surface area contributed by atoms with E-state index in [2.05, 4.69) is 14.2 Å². The molecule has 0 aromatic rings. The second kappa shape index (κ2) is 2.69. The summed E-state index contributed by atoms with van der Waals surface area (Å²) >= 11 is -0.165. The third-order valence-corrected chi connectivity index (χ3v) is 1.40. The van der Waals surface area contributed by atoms with Gasteiger partial charge in [-0.1, -0.05) is 0 Å². The van der Waals surface area contributed by atoms with Crippen molar-refractivity contribution in [2.75, 3.05) is 0 Å². The number of rotatable bonds is 0. The topological polar surface area (TPSA) is 34.0 Å². The Bertz CT molecular complexity index is 115. The van der Waals surface area contributed by atoms with E-state index in [1.54, 1.807) is 6.20 Å². The van der Waals surface area contributed by atoms with E-state index >= 15 is 0 Å². The molecule has 1 aliphatic rings.